The van der Waals surface area contributed by atoms with Crippen molar-refractivity contribution in [2.45, 2.75) is 58.8 Å². The maximum Gasteiger partial charge on any atom is 0.310 e. The summed E-state index contributed by atoms with van der Waals surface area (Å²) in [6.07, 6.45) is 4.84. The second kappa shape index (κ2) is 9.05. The van der Waals surface area contributed by atoms with Gasteiger partial charge in [-0.25, -0.2) is 0 Å². The van der Waals surface area contributed by atoms with E-state index in [-0.39, 0.29) is 24.9 Å². The summed E-state index contributed by atoms with van der Waals surface area (Å²) >= 11 is 0. The van der Waals surface area contributed by atoms with Crippen molar-refractivity contribution in [2.75, 3.05) is 11.9 Å². The van der Waals surface area contributed by atoms with Gasteiger partial charge in [-0.05, 0) is 66.3 Å². The number of fused-ring (bicyclic) bond motifs is 1. The Morgan fingerprint density at radius 3 is 2.57 bits per heavy atom. The summed E-state index contributed by atoms with van der Waals surface area (Å²) in [6, 6.07) is 12.2. The molecule has 4 nitrogen and oxygen atoms in total. The molecule has 0 saturated heterocycles. The Balaban J connectivity index is 1.54. The van der Waals surface area contributed by atoms with Gasteiger partial charge in [0.25, 0.3) is 5.91 Å². The number of carbonyl (C=O) groups excluding carboxylic acids is 2. The lowest BCUT2D eigenvalue weighted by molar-refractivity contribution is -0.146. The average molecular weight is 380 g/mol. The number of nitrogens with one attached hydrogen (secondary N) is 1. The van der Waals surface area contributed by atoms with E-state index in [0.29, 0.717) is 5.92 Å². The van der Waals surface area contributed by atoms with Crippen LogP contribution in [0.2, 0.25) is 0 Å². The molecule has 0 atom stereocenters. The Bertz CT molecular complexity index is 870. The number of aryl methyl sites for hydroxylation is 3. The molecule has 0 aliphatic heterocycles. The normalized spacial score (nSPS) is 13.1. The molecule has 0 fully saturated rings. The Hall–Kier alpha value is -2.62. The van der Waals surface area contributed by atoms with Crippen LogP contribution >= 0.6 is 0 Å². The molecule has 1 aliphatic rings. The molecule has 1 amide bonds. The number of carbonyl (C=O) groups is 2. The fourth-order valence-electron chi connectivity index (χ4n) is 3.78. The van der Waals surface area contributed by atoms with Crippen LogP contribution in [0, 0.1) is 6.92 Å². The van der Waals surface area contributed by atoms with Crippen LogP contribution in [-0.4, -0.2) is 18.5 Å². The minimum absolute atomic E-state index is 0.197. The van der Waals surface area contributed by atoms with Crippen LogP contribution in [0.15, 0.2) is 36.4 Å². The molecular weight excluding hydrogens is 350 g/mol. The van der Waals surface area contributed by atoms with Crippen LogP contribution in [0.5, 0.6) is 0 Å². The first-order chi connectivity index (χ1) is 13.4. The van der Waals surface area contributed by atoms with Gasteiger partial charge < -0.3 is 10.1 Å². The first kappa shape index (κ1) is 20.1. The minimum Gasteiger partial charge on any atom is -0.455 e. The fourth-order valence-corrected chi connectivity index (χ4v) is 3.78. The van der Waals surface area contributed by atoms with Crippen molar-refractivity contribution in [3.8, 4) is 0 Å². The maximum absolute atomic E-state index is 12.3. The quantitative estimate of drug-likeness (QED) is 0.739. The molecule has 0 aromatic heterocycles. The van der Waals surface area contributed by atoms with Crippen LogP contribution in [0.25, 0.3) is 0 Å². The predicted molar refractivity (Wildman–Crippen MR) is 112 cm³/mol. The van der Waals surface area contributed by atoms with Gasteiger partial charge in [-0.15, -0.1) is 0 Å². The second-order valence-corrected chi connectivity index (χ2v) is 7.89. The largest absolute Gasteiger partial charge is 0.455 e. The highest BCUT2D eigenvalue weighted by molar-refractivity contribution is 5.94. The van der Waals surface area contributed by atoms with Crippen molar-refractivity contribution >= 4 is 17.6 Å². The molecule has 0 saturated carbocycles. The van der Waals surface area contributed by atoms with E-state index in [9.17, 15) is 9.59 Å². The van der Waals surface area contributed by atoms with Crippen molar-refractivity contribution in [1.29, 1.82) is 0 Å². The van der Waals surface area contributed by atoms with E-state index in [1.807, 2.05) is 31.2 Å². The molecule has 0 radical (unpaired) electrons. The summed E-state index contributed by atoms with van der Waals surface area (Å²) in [4.78, 5) is 24.5. The highest BCUT2D eigenvalue weighted by Gasteiger charge is 2.15. The SMILES string of the molecule is Cc1cccc(C(C)C)c1NC(=O)COC(=O)Cc1ccc2c(c1)CCCC2. The summed E-state index contributed by atoms with van der Waals surface area (Å²) in [5, 5.41) is 2.90. The van der Waals surface area contributed by atoms with Crippen molar-refractivity contribution in [2.24, 2.45) is 0 Å². The zero-order valence-corrected chi connectivity index (χ0v) is 17.0. The number of benzene rings is 2. The molecule has 0 bridgehead atoms. The molecule has 3 rings (SSSR count). The first-order valence-corrected chi connectivity index (χ1v) is 10.1. The van der Waals surface area contributed by atoms with Crippen LogP contribution in [-0.2, 0) is 33.6 Å². The Labute approximate surface area is 167 Å². The Kier molecular flexibility index (Phi) is 6.50. The van der Waals surface area contributed by atoms with E-state index in [0.717, 1.165) is 35.2 Å². The van der Waals surface area contributed by atoms with E-state index in [4.69, 9.17) is 4.74 Å². The van der Waals surface area contributed by atoms with Gasteiger partial charge in [0.1, 0.15) is 0 Å². The number of hydrogen-bond acceptors (Lipinski definition) is 3. The Morgan fingerprint density at radius 1 is 1.07 bits per heavy atom. The summed E-state index contributed by atoms with van der Waals surface area (Å²) in [6.45, 7) is 5.87. The lowest BCUT2D eigenvalue weighted by Gasteiger charge is -2.17. The lowest BCUT2D eigenvalue weighted by Crippen LogP contribution is -2.23. The summed E-state index contributed by atoms with van der Waals surface area (Å²) in [5.41, 5.74) is 6.57. The van der Waals surface area contributed by atoms with E-state index in [1.165, 1.54) is 24.0 Å². The van der Waals surface area contributed by atoms with Gasteiger partial charge in [0.05, 0.1) is 6.42 Å². The fraction of sp³-hybridized carbons (Fsp3) is 0.417. The number of anilines is 1. The van der Waals surface area contributed by atoms with Gasteiger partial charge in [-0.2, -0.15) is 0 Å². The van der Waals surface area contributed by atoms with Crippen LogP contribution in [0.4, 0.5) is 5.69 Å². The van der Waals surface area contributed by atoms with Crippen molar-refractivity contribution in [3.63, 3.8) is 0 Å². The topological polar surface area (TPSA) is 55.4 Å². The van der Waals surface area contributed by atoms with Gasteiger partial charge in [0.15, 0.2) is 6.61 Å². The van der Waals surface area contributed by atoms with Gasteiger partial charge in [0, 0.05) is 5.69 Å². The zero-order chi connectivity index (χ0) is 20.1. The first-order valence-electron chi connectivity index (χ1n) is 10.1. The van der Waals surface area contributed by atoms with Crippen LogP contribution in [0.1, 0.15) is 60.4 Å². The highest BCUT2D eigenvalue weighted by atomic mass is 16.5. The molecule has 4 heteroatoms. The van der Waals surface area contributed by atoms with Crippen LogP contribution < -0.4 is 5.32 Å². The van der Waals surface area contributed by atoms with E-state index in [2.05, 4.69) is 31.3 Å². The van der Waals surface area contributed by atoms with Gasteiger partial charge in [0.2, 0.25) is 0 Å². The third-order valence-electron chi connectivity index (χ3n) is 5.32. The van der Waals surface area contributed by atoms with Gasteiger partial charge >= 0.3 is 5.97 Å². The average Bonchev–Trinajstić information content (AvgIpc) is 2.67. The zero-order valence-electron chi connectivity index (χ0n) is 17.0. The molecule has 148 valence electrons. The molecule has 2 aromatic rings. The van der Waals surface area contributed by atoms with Crippen molar-refractivity contribution in [1.82, 2.24) is 0 Å². The van der Waals surface area contributed by atoms with E-state index >= 15 is 0 Å². The van der Waals surface area contributed by atoms with Crippen LogP contribution in [0.3, 0.4) is 0 Å². The minimum atomic E-state index is -0.375. The monoisotopic (exact) mass is 379 g/mol. The number of ether oxygens (including phenoxy) is 1. The smallest absolute Gasteiger partial charge is 0.310 e. The third-order valence-corrected chi connectivity index (χ3v) is 5.32. The second-order valence-electron chi connectivity index (χ2n) is 7.89. The number of para-hydroxylation sites is 1. The molecule has 0 unspecified atom stereocenters. The number of esters is 1. The van der Waals surface area contributed by atoms with Crippen molar-refractivity contribution in [3.05, 3.63) is 64.2 Å². The van der Waals surface area contributed by atoms with E-state index < -0.39 is 0 Å². The number of hydrogen-bond donors (Lipinski definition) is 1. The maximum atomic E-state index is 12.3. The van der Waals surface area contributed by atoms with Gasteiger partial charge in [-0.1, -0.05) is 50.2 Å². The molecule has 0 heterocycles. The Morgan fingerprint density at radius 2 is 1.82 bits per heavy atom. The van der Waals surface area contributed by atoms with E-state index in [1.54, 1.807) is 0 Å². The molecule has 28 heavy (non-hydrogen) atoms. The molecule has 1 N–H and O–H groups in total. The molecule has 1 aliphatic carbocycles. The van der Waals surface area contributed by atoms with Crippen molar-refractivity contribution < 1.29 is 14.3 Å². The number of rotatable bonds is 6. The standard InChI is InChI=1S/C24H29NO3/c1-16(2)21-10-6-7-17(3)24(21)25-22(26)15-28-23(27)14-18-11-12-19-8-4-5-9-20(19)13-18/h6-7,10-13,16H,4-5,8-9,14-15H2,1-3H3,(H,25,26). The lowest BCUT2D eigenvalue weighted by atomic mass is 9.90. The summed E-state index contributed by atoms with van der Waals surface area (Å²) in [5.74, 6) is -0.392. The summed E-state index contributed by atoms with van der Waals surface area (Å²) in [7, 11) is 0. The predicted octanol–water partition coefficient (Wildman–Crippen LogP) is 4.72. The van der Waals surface area contributed by atoms with Gasteiger partial charge in [-0.3, -0.25) is 9.59 Å². The summed E-state index contributed by atoms with van der Waals surface area (Å²) < 4.78 is 5.21. The third kappa shape index (κ3) is 5.00. The molecule has 2 aromatic carbocycles. The molecular formula is C24H29NO3. The number of amides is 1. The molecule has 0 spiro atoms. The highest BCUT2D eigenvalue weighted by Crippen LogP contribution is 2.27.